The van der Waals surface area contributed by atoms with Crippen LogP contribution in [0.4, 0.5) is 4.79 Å². The van der Waals surface area contributed by atoms with E-state index in [2.05, 4.69) is 15.4 Å². The van der Waals surface area contributed by atoms with E-state index in [1.165, 1.54) is 0 Å². The zero-order valence-electron chi connectivity index (χ0n) is 11.1. The van der Waals surface area contributed by atoms with Crippen LogP contribution >= 0.6 is 11.6 Å². The van der Waals surface area contributed by atoms with Crippen molar-refractivity contribution in [3.63, 3.8) is 0 Å². The highest BCUT2D eigenvalue weighted by molar-refractivity contribution is 6.20. The number of carbonyl (C=O) groups excluding carboxylic acids is 1. The molecule has 2 aromatic rings. The number of fused-ring (bicyclic) bond motifs is 1. The second-order valence-corrected chi connectivity index (χ2v) is 5.06. The topological polar surface area (TPSA) is 90.8 Å². The van der Waals surface area contributed by atoms with E-state index in [1.807, 2.05) is 25.5 Å². The van der Waals surface area contributed by atoms with Crippen molar-refractivity contribution in [2.45, 2.75) is 25.8 Å². The average Bonchev–Trinajstić information content (AvgIpc) is 2.79. The molecule has 0 saturated carbocycles. The summed E-state index contributed by atoms with van der Waals surface area (Å²) >= 11 is 6.16. The molecule has 19 heavy (non-hydrogen) atoms. The van der Waals surface area contributed by atoms with Crippen molar-refractivity contribution in [3.05, 3.63) is 11.5 Å². The highest BCUT2D eigenvalue weighted by Gasteiger charge is 2.19. The van der Waals surface area contributed by atoms with Gasteiger partial charge in [-0.1, -0.05) is 0 Å². The van der Waals surface area contributed by atoms with Crippen LogP contribution < -0.4 is 11.1 Å². The van der Waals surface area contributed by atoms with E-state index in [0.29, 0.717) is 13.1 Å². The Bertz CT molecular complexity index is 614. The van der Waals surface area contributed by atoms with Crippen molar-refractivity contribution >= 4 is 28.8 Å². The Labute approximate surface area is 115 Å². The summed E-state index contributed by atoms with van der Waals surface area (Å²) in [6, 6.07) is -0.544. The van der Waals surface area contributed by atoms with Crippen molar-refractivity contribution in [2.24, 2.45) is 12.8 Å². The zero-order chi connectivity index (χ0) is 14.2. The summed E-state index contributed by atoms with van der Waals surface area (Å²) in [4.78, 5) is 15.3. The predicted molar refractivity (Wildman–Crippen MR) is 73.1 cm³/mol. The van der Waals surface area contributed by atoms with Crippen LogP contribution in [0.2, 0.25) is 0 Å². The molecule has 1 atom stereocenters. The molecule has 2 rings (SSSR count). The first-order chi connectivity index (χ1) is 8.91. The molecule has 0 aromatic carbocycles. The van der Waals surface area contributed by atoms with Gasteiger partial charge in [-0.05, 0) is 13.8 Å². The Balaban J connectivity index is 2.42. The molecule has 8 heteroatoms. The molecular weight excluding hydrogens is 268 g/mol. The van der Waals surface area contributed by atoms with Gasteiger partial charge in [0.2, 0.25) is 0 Å². The number of amides is 2. The Morgan fingerprint density at radius 1 is 1.58 bits per heavy atom. The lowest BCUT2D eigenvalue weighted by molar-refractivity contribution is 0.248. The van der Waals surface area contributed by atoms with Crippen LogP contribution in [0.1, 0.15) is 23.8 Å². The van der Waals surface area contributed by atoms with E-state index in [9.17, 15) is 4.79 Å². The highest BCUT2D eigenvalue weighted by atomic mass is 35.5. The monoisotopic (exact) mass is 284 g/mol. The first kappa shape index (κ1) is 13.7. The standard InChI is InChI=1S/C11H17ClN6O/c1-6(12)9-15-8-7(2)16-17(3)10(8)18(9)5-4-14-11(13)19/h6H,4-5H2,1-3H3,(H3,13,14,19). The predicted octanol–water partition coefficient (Wildman–Crippen LogP) is 1.05. The molecule has 1 unspecified atom stereocenters. The molecular formula is C11H17ClN6O. The summed E-state index contributed by atoms with van der Waals surface area (Å²) in [6.07, 6.45) is 0. The van der Waals surface area contributed by atoms with Crippen molar-refractivity contribution in [1.29, 1.82) is 0 Å². The fourth-order valence-corrected chi connectivity index (χ4v) is 2.33. The molecule has 0 fully saturated rings. The molecule has 104 valence electrons. The van der Waals surface area contributed by atoms with E-state index in [0.717, 1.165) is 22.7 Å². The maximum atomic E-state index is 10.7. The minimum atomic E-state index is -0.544. The van der Waals surface area contributed by atoms with Gasteiger partial charge in [0.25, 0.3) is 0 Å². The third-order valence-electron chi connectivity index (χ3n) is 2.91. The molecule has 0 aliphatic heterocycles. The molecule has 0 aliphatic rings. The summed E-state index contributed by atoms with van der Waals surface area (Å²) in [5.41, 5.74) is 7.65. The average molecular weight is 285 g/mol. The number of carbonyl (C=O) groups is 1. The Morgan fingerprint density at radius 3 is 2.84 bits per heavy atom. The van der Waals surface area contributed by atoms with Gasteiger partial charge in [-0.2, -0.15) is 5.10 Å². The summed E-state index contributed by atoms with van der Waals surface area (Å²) in [5, 5.41) is 6.67. The van der Waals surface area contributed by atoms with Crippen LogP contribution in [0, 0.1) is 6.92 Å². The first-order valence-electron chi connectivity index (χ1n) is 5.99. The second-order valence-electron chi connectivity index (χ2n) is 4.41. The molecule has 0 bridgehead atoms. The van der Waals surface area contributed by atoms with Crippen molar-refractivity contribution < 1.29 is 4.79 Å². The van der Waals surface area contributed by atoms with Crippen LogP contribution in [0.15, 0.2) is 0 Å². The zero-order valence-corrected chi connectivity index (χ0v) is 11.9. The van der Waals surface area contributed by atoms with Gasteiger partial charge in [-0.25, -0.2) is 9.78 Å². The fourth-order valence-electron chi connectivity index (χ4n) is 2.17. The number of rotatable bonds is 4. The van der Waals surface area contributed by atoms with Gasteiger partial charge >= 0.3 is 6.03 Å². The number of alkyl halides is 1. The SMILES string of the molecule is Cc1nn(C)c2c1nc(C(C)Cl)n2CCNC(N)=O. The van der Waals surface area contributed by atoms with Crippen LogP contribution in [-0.2, 0) is 13.6 Å². The molecule has 2 heterocycles. The Morgan fingerprint density at radius 2 is 2.26 bits per heavy atom. The first-order valence-corrected chi connectivity index (χ1v) is 6.42. The van der Waals surface area contributed by atoms with Crippen molar-refractivity contribution in [1.82, 2.24) is 24.6 Å². The third-order valence-corrected chi connectivity index (χ3v) is 3.11. The number of imidazole rings is 1. The molecule has 0 radical (unpaired) electrons. The molecule has 2 aromatic heterocycles. The third kappa shape index (κ3) is 2.51. The normalized spacial score (nSPS) is 12.8. The van der Waals surface area contributed by atoms with E-state index in [4.69, 9.17) is 17.3 Å². The number of aromatic nitrogens is 4. The number of halogens is 1. The van der Waals surface area contributed by atoms with Crippen LogP contribution in [0.25, 0.3) is 11.2 Å². The lowest BCUT2D eigenvalue weighted by Gasteiger charge is -2.11. The molecule has 0 saturated heterocycles. The molecule has 7 nitrogen and oxygen atoms in total. The lowest BCUT2D eigenvalue weighted by atomic mass is 10.4. The van der Waals surface area contributed by atoms with Gasteiger partial charge in [-0.15, -0.1) is 11.6 Å². The summed E-state index contributed by atoms with van der Waals surface area (Å²) in [7, 11) is 1.86. The van der Waals surface area contributed by atoms with Gasteiger partial charge < -0.3 is 15.6 Å². The number of aryl methyl sites for hydroxylation is 2. The van der Waals surface area contributed by atoms with Gasteiger partial charge in [0.05, 0.1) is 11.1 Å². The number of urea groups is 1. The van der Waals surface area contributed by atoms with Crippen LogP contribution in [0.5, 0.6) is 0 Å². The second kappa shape index (κ2) is 5.08. The maximum absolute atomic E-state index is 10.7. The van der Waals surface area contributed by atoms with Crippen molar-refractivity contribution in [2.75, 3.05) is 6.54 Å². The van der Waals surface area contributed by atoms with Gasteiger partial charge in [0.15, 0.2) is 5.65 Å². The minimum absolute atomic E-state index is 0.222. The smallest absolute Gasteiger partial charge is 0.312 e. The van der Waals surface area contributed by atoms with E-state index >= 15 is 0 Å². The van der Waals surface area contributed by atoms with Gasteiger partial charge in [0.1, 0.15) is 11.3 Å². The van der Waals surface area contributed by atoms with Gasteiger partial charge in [0, 0.05) is 20.1 Å². The highest BCUT2D eigenvalue weighted by Crippen LogP contribution is 2.25. The summed E-state index contributed by atoms with van der Waals surface area (Å²) < 4.78 is 3.73. The Hall–Kier alpha value is -1.76. The number of hydrogen-bond acceptors (Lipinski definition) is 3. The van der Waals surface area contributed by atoms with E-state index < -0.39 is 6.03 Å². The molecule has 2 amide bonds. The Kier molecular flexibility index (Phi) is 3.66. The van der Waals surface area contributed by atoms with E-state index in [-0.39, 0.29) is 5.38 Å². The molecule has 0 spiro atoms. The summed E-state index contributed by atoms with van der Waals surface area (Å²) in [6.45, 7) is 4.74. The van der Waals surface area contributed by atoms with Gasteiger partial charge in [-0.3, -0.25) is 4.68 Å². The minimum Gasteiger partial charge on any atom is -0.352 e. The quantitative estimate of drug-likeness (QED) is 0.822. The fraction of sp³-hybridized carbons (Fsp3) is 0.545. The maximum Gasteiger partial charge on any atom is 0.312 e. The molecule has 0 aliphatic carbocycles. The number of primary amides is 1. The number of hydrogen-bond donors (Lipinski definition) is 2. The largest absolute Gasteiger partial charge is 0.352 e. The van der Waals surface area contributed by atoms with Crippen molar-refractivity contribution in [3.8, 4) is 0 Å². The molecule has 3 N–H and O–H groups in total. The van der Waals surface area contributed by atoms with E-state index in [1.54, 1.807) is 4.68 Å². The van der Waals surface area contributed by atoms with Crippen LogP contribution in [0.3, 0.4) is 0 Å². The number of nitrogens with two attached hydrogens (primary N) is 1. The lowest BCUT2D eigenvalue weighted by Crippen LogP contribution is -2.32. The summed E-state index contributed by atoms with van der Waals surface area (Å²) in [5.74, 6) is 0.763. The number of nitrogens with one attached hydrogen (secondary N) is 1. The van der Waals surface area contributed by atoms with Crippen LogP contribution in [-0.4, -0.2) is 31.9 Å². The number of nitrogens with zero attached hydrogens (tertiary/aromatic N) is 4.